The number of thiophene rings is 1. The molecular weight excluding hydrogens is 348 g/mol. The third-order valence-corrected chi connectivity index (χ3v) is 5.95. The first-order chi connectivity index (χ1) is 12.7. The fourth-order valence-corrected chi connectivity index (χ4v) is 4.43. The van der Waals surface area contributed by atoms with Crippen LogP contribution in [0.25, 0.3) is 0 Å². The van der Waals surface area contributed by atoms with Crippen molar-refractivity contribution in [2.24, 2.45) is 0 Å². The van der Waals surface area contributed by atoms with Crippen LogP contribution in [0.4, 0.5) is 5.69 Å². The van der Waals surface area contributed by atoms with Gasteiger partial charge in [0.05, 0.1) is 17.7 Å². The molecule has 1 atom stereocenters. The van der Waals surface area contributed by atoms with E-state index in [2.05, 4.69) is 0 Å². The zero-order valence-corrected chi connectivity index (χ0v) is 15.4. The molecule has 0 N–H and O–H groups in total. The third-order valence-electron chi connectivity index (χ3n) is 5.27. The number of ether oxygens (including phenoxy) is 1. The quantitative estimate of drug-likeness (QED) is 0.816. The number of rotatable bonds is 2. The van der Waals surface area contributed by atoms with Gasteiger partial charge in [0.2, 0.25) is 0 Å². The Morgan fingerprint density at radius 3 is 2.73 bits per heavy atom. The molecule has 1 unspecified atom stereocenters. The van der Waals surface area contributed by atoms with Crippen LogP contribution in [0.2, 0.25) is 0 Å². The van der Waals surface area contributed by atoms with Crippen LogP contribution in [0, 0.1) is 0 Å². The van der Waals surface area contributed by atoms with Crippen molar-refractivity contribution in [3.05, 3.63) is 52.7 Å². The van der Waals surface area contributed by atoms with Gasteiger partial charge in [0, 0.05) is 24.2 Å². The molecule has 4 rings (SSSR count). The van der Waals surface area contributed by atoms with Crippen molar-refractivity contribution in [1.82, 2.24) is 4.90 Å². The van der Waals surface area contributed by atoms with Crippen LogP contribution in [0.1, 0.15) is 29.6 Å². The molecular formula is C20H22N2O3S. The maximum atomic E-state index is 12.6. The summed E-state index contributed by atoms with van der Waals surface area (Å²) in [5.74, 6) is 0.0902. The fraction of sp³-hybridized carbons (Fsp3) is 0.400. The van der Waals surface area contributed by atoms with Crippen molar-refractivity contribution in [2.45, 2.75) is 24.9 Å². The van der Waals surface area contributed by atoms with Gasteiger partial charge in [-0.1, -0.05) is 18.2 Å². The van der Waals surface area contributed by atoms with Gasteiger partial charge in [0.1, 0.15) is 6.61 Å². The first-order valence-corrected chi connectivity index (χ1v) is 9.92. The van der Waals surface area contributed by atoms with Crippen molar-refractivity contribution < 1.29 is 14.3 Å². The van der Waals surface area contributed by atoms with Crippen molar-refractivity contribution in [3.8, 4) is 0 Å². The second-order valence-electron chi connectivity index (χ2n) is 6.94. The molecule has 2 aliphatic rings. The molecule has 3 heterocycles. The molecule has 2 amide bonds. The van der Waals surface area contributed by atoms with Gasteiger partial charge in [0.25, 0.3) is 11.8 Å². The van der Waals surface area contributed by atoms with Crippen molar-refractivity contribution in [1.29, 1.82) is 0 Å². The number of anilines is 1. The summed E-state index contributed by atoms with van der Waals surface area (Å²) in [6.07, 6.45) is 2.49. The summed E-state index contributed by atoms with van der Waals surface area (Å²) < 4.78 is 6.04. The molecule has 0 aliphatic carbocycles. The maximum Gasteiger partial charge on any atom is 0.254 e. The number of likely N-dealkylation sites (tertiary alicyclic amines) is 1. The van der Waals surface area contributed by atoms with E-state index in [0.717, 1.165) is 37.1 Å². The zero-order chi connectivity index (χ0) is 18.0. The van der Waals surface area contributed by atoms with E-state index >= 15 is 0 Å². The van der Waals surface area contributed by atoms with Crippen LogP contribution in [-0.2, 0) is 9.53 Å². The minimum Gasteiger partial charge on any atom is -0.363 e. The number of carbonyl (C=O) groups excluding carboxylic acids is 2. The number of carbonyl (C=O) groups is 2. The standard InChI is InChI=1S/C20H22N2O3S/c23-18-13-25-20(15-22(18)17-5-2-1-3-6-17)8-4-10-21(11-9-20)19(24)16-7-12-26-14-16/h1-3,5-7,12,14H,4,8-11,13,15H2. The molecule has 2 fully saturated rings. The van der Waals surface area contributed by atoms with Crippen molar-refractivity contribution in [3.63, 3.8) is 0 Å². The van der Waals surface area contributed by atoms with Crippen LogP contribution in [-0.4, -0.2) is 48.6 Å². The zero-order valence-electron chi connectivity index (χ0n) is 14.6. The molecule has 0 radical (unpaired) electrons. The van der Waals surface area contributed by atoms with Crippen LogP contribution < -0.4 is 4.90 Å². The fourth-order valence-electron chi connectivity index (χ4n) is 3.80. The van der Waals surface area contributed by atoms with E-state index < -0.39 is 0 Å². The average Bonchev–Trinajstić information content (AvgIpc) is 3.14. The normalized spacial score (nSPS) is 23.9. The Labute approximate surface area is 157 Å². The van der Waals surface area contributed by atoms with Crippen LogP contribution in [0.15, 0.2) is 47.2 Å². The topological polar surface area (TPSA) is 49.9 Å². The first kappa shape index (κ1) is 17.2. The maximum absolute atomic E-state index is 12.6. The van der Waals surface area contributed by atoms with Crippen molar-refractivity contribution in [2.75, 3.05) is 31.1 Å². The Hall–Kier alpha value is -2.18. The van der Waals surface area contributed by atoms with Gasteiger partial charge in [-0.15, -0.1) is 0 Å². The van der Waals surface area contributed by atoms with Gasteiger partial charge in [-0.05, 0) is 42.8 Å². The molecule has 6 heteroatoms. The van der Waals surface area contributed by atoms with Crippen LogP contribution in [0.3, 0.4) is 0 Å². The van der Waals surface area contributed by atoms with Gasteiger partial charge in [-0.3, -0.25) is 9.59 Å². The molecule has 2 saturated heterocycles. The Balaban J connectivity index is 1.49. The highest BCUT2D eigenvalue weighted by Gasteiger charge is 2.42. The Bertz CT molecular complexity index is 778. The second-order valence-corrected chi connectivity index (χ2v) is 7.72. The van der Waals surface area contributed by atoms with E-state index in [1.807, 2.05) is 57.0 Å². The lowest BCUT2D eigenvalue weighted by Crippen LogP contribution is -2.55. The van der Waals surface area contributed by atoms with Gasteiger partial charge in [-0.25, -0.2) is 0 Å². The number of nitrogens with zero attached hydrogens (tertiary/aromatic N) is 2. The van der Waals surface area contributed by atoms with Crippen molar-refractivity contribution >= 4 is 28.8 Å². The summed E-state index contributed by atoms with van der Waals surface area (Å²) in [6, 6.07) is 11.6. The number of morpholine rings is 1. The summed E-state index contributed by atoms with van der Waals surface area (Å²) >= 11 is 1.54. The summed E-state index contributed by atoms with van der Waals surface area (Å²) in [4.78, 5) is 28.8. The second kappa shape index (κ2) is 7.21. The van der Waals surface area contributed by atoms with E-state index in [1.54, 1.807) is 11.3 Å². The van der Waals surface area contributed by atoms with Gasteiger partial charge in [0.15, 0.2) is 0 Å². The van der Waals surface area contributed by atoms with Gasteiger partial charge < -0.3 is 14.5 Å². The van der Waals surface area contributed by atoms with Gasteiger partial charge >= 0.3 is 0 Å². The largest absolute Gasteiger partial charge is 0.363 e. The van der Waals surface area contributed by atoms with E-state index in [-0.39, 0.29) is 24.0 Å². The number of hydrogen-bond donors (Lipinski definition) is 0. The Morgan fingerprint density at radius 1 is 1.12 bits per heavy atom. The summed E-state index contributed by atoms with van der Waals surface area (Å²) in [6.45, 7) is 2.05. The lowest BCUT2D eigenvalue weighted by atomic mass is 9.92. The number of para-hydroxylation sites is 1. The molecule has 26 heavy (non-hydrogen) atoms. The van der Waals surface area contributed by atoms with E-state index in [9.17, 15) is 9.59 Å². The minimum absolute atomic E-state index is 0.00252. The van der Waals surface area contributed by atoms with Crippen LogP contribution in [0.5, 0.6) is 0 Å². The number of benzene rings is 1. The average molecular weight is 370 g/mol. The third kappa shape index (κ3) is 3.39. The predicted octanol–water partition coefficient (Wildman–Crippen LogP) is 3.18. The SMILES string of the molecule is O=C(c1ccsc1)N1CCCC2(CC1)CN(c1ccccc1)C(=O)CO2. The molecule has 5 nitrogen and oxygen atoms in total. The molecule has 1 aromatic carbocycles. The molecule has 0 saturated carbocycles. The highest BCUT2D eigenvalue weighted by Crippen LogP contribution is 2.33. The lowest BCUT2D eigenvalue weighted by molar-refractivity contribution is -0.140. The van der Waals surface area contributed by atoms with Crippen LogP contribution >= 0.6 is 11.3 Å². The predicted molar refractivity (Wildman–Crippen MR) is 102 cm³/mol. The molecule has 2 aliphatic heterocycles. The van der Waals surface area contributed by atoms with E-state index in [0.29, 0.717) is 13.1 Å². The van der Waals surface area contributed by atoms with Gasteiger partial charge in [-0.2, -0.15) is 11.3 Å². The molecule has 1 aromatic heterocycles. The Kier molecular flexibility index (Phi) is 4.78. The Morgan fingerprint density at radius 2 is 1.96 bits per heavy atom. The number of hydrogen-bond acceptors (Lipinski definition) is 4. The molecule has 0 bridgehead atoms. The number of amides is 2. The summed E-state index contributed by atoms with van der Waals surface area (Å²) in [7, 11) is 0. The minimum atomic E-state index is -0.368. The summed E-state index contributed by atoms with van der Waals surface area (Å²) in [5, 5.41) is 3.83. The van der Waals surface area contributed by atoms with E-state index in [1.165, 1.54) is 0 Å². The van der Waals surface area contributed by atoms with E-state index in [4.69, 9.17) is 4.74 Å². The smallest absolute Gasteiger partial charge is 0.254 e. The first-order valence-electron chi connectivity index (χ1n) is 8.98. The highest BCUT2D eigenvalue weighted by atomic mass is 32.1. The highest BCUT2D eigenvalue weighted by molar-refractivity contribution is 7.08. The molecule has 136 valence electrons. The monoisotopic (exact) mass is 370 g/mol. The molecule has 2 aromatic rings. The molecule has 1 spiro atoms. The summed E-state index contributed by atoms with van der Waals surface area (Å²) in [5.41, 5.74) is 1.31. The lowest BCUT2D eigenvalue weighted by Gasteiger charge is -2.42.